The van der Waals surface area contributed by atoms with Crippen LogP contribution in [-0.2, 0) is 9.53 Å². The van der Waals surface area contributed by atoms with Crippen LogP contribution in [0.3, 0.4) is 0 Å². The molecule has 0 aromatic carbocycles. The number of esters is 1. The standard InChI is InChI=1S/C13H7F13O2/c1-2-5(27)28-7-3-6(15,4-14)9(17,18)8(16,10(7,19)20)12(23,24)13(25,26)11(7,21)22/h2H,1,3-4H2. The molecule has 2 fully saturated rings. The minimum atomic E-state index is -7.65. The van der Waals surface area contributed by atoms with Gasteiger partial charge < -0.3 is 4.74 Å². The van der Waals surface area contributed by atoms with Crippen molar-refractivity contribution < 1.29 is 66.6 Å². The fraction of sp³-hybridized carbons (Fsp3) is 0.769. The minimum absolute atomic E-state index is 0.284. The Morgan fingerprint density at radius 2 is 1.25 bits per heavy atom. The summed E-state index contributed by atoms with van der Waals surface area (Å²) in [5.74, 6) is -38.6. The van der Waals surface area contributed by atoms with Crippen molar-refractivity contribution in [2.24, 2.45) is 0 Å². The van der Waals surface area contributed by atoms with Gasteiger partial charge in [0.15, 0.2) is 0 Å². The van der Waals surface area contributed by atoms with Gasteiger partial charge in [-0.1, -0.05) is 6.58 Å². The lowest BCUT2D eigenvalue weighted by Gasteiger charge is -2.64. The molecule has 0 spiro atoms. The third-order valence-corrected chi connectivity index (χ3v) is 4.85. The molecule has 2 nitrogen and oxygen atoms in total. The first kappa shape index (κ1) is 22.6. The Bertz CT molecular complexity index is 719. The highest BCUT2D eigenvalue weighted by Crippen LogP contribution is 2.77. The number of halogens is 13. The summed E-state index contributed by atoms with van der Waals surface area (Å²) in [4.78, 5) is 11.1. The monoisotopic (exact) mass is 442 g/mol. The van der Waals surface area contributed by atoms with Crippen LogP contribution < -0.4 is 0 Å². The number of ether oxygens (including phenoxy) is 1. The molecule has 2 aliphatic carbocycles. The summed E-state index contributed by atoms with van der Waals surface area (Å²) in [6.07, 6.45) is -3.76. The van der Waals surface area contributed by atoms with Crippen LogP contribution in [0.1, 0.15) is 6.42 Å². The summed E-state index contributed by atoms with van der Waals surface area (Å²) >= 11 is 0. The lowest BCUT2D eigenvalue weighted by Crippen LogP contribution is -2.95. The highest BCUT2D eigenvalue weighted by atomic mass is 19.4. The average molecular weight is 442 g/mol. The van der Waals surface area contributed by atoms with Crippen molar-refractivity contribution in [2.45, 2.75) is 53.0 Å². The zero-order chi connectivity index (χ0) is 22.4. The maximum Gasteiger partial charge on any atom is 0.380 e. The van der Waals surface area contributed by atoms with Crippen LogP contribution in [0.15, 0.2) is 12.7 Å². The largest absolute Gasteiger partial charge is 0.442 e. The van der Waals surface area contributed by atoms with Crippen molar-refractivity contribution in [2.75, 3.05) is 6.67 Å². The molecule has 3 unspecified atom stereocenters. The van der Waals surface area contributed by atoms with Crippen molar-refractivity contribution in [1.82, 2.24) is 0 Å². The molecule has 2 aliphatic rings. The third kappa shape index (κ3) is 1.77. The average Bonchev–Trinajstić information content (AvgIpc) is 2.56. The van der Waals surface area contributed by atoms with Gasteiger partial charge in [-0.2, -0.15) is 43.9 Å². The second-order valence-corrected chi connectivity index (χ2v) is 6.26. The molecule has 2 saturated carbocycles. The summed E-state index contributed by atoms with van der Waals surface area (Å²) in [6.45, 7) is -0.859. The van der Waals surface area contributed by atoms with Crippen LogP contribution in [0.25, 0.3) is 0 Å². The van der Waals surface area contributed by atoms with Gasteiger partial charge in [0.25, 0.3) is 5.60 Å². The second-order valence-electron chi connectivity index (χ2n) is 6.26. The first-order valence-electron chi connectivity index (χ1n) is 6.91. The fourth-order valence-electron chi connectivity index (χ4n) is 3.28. The Morgan fingerprint density at radius 3 is 1.64 bits per heavy atom. The van der Waals surface area contributed by atoms with Gasteiger partial charge in [-0.3, -0.25) is 0 Å². The number of hydrogen-bond acceptors (Lipinski definition) is 2. The molecule has 15 heteroatoms. The van der Waals surface area contributed by atoms with Gasteiger partial charge in [-0.25, -0.2) is 18.0 Å². The molecule has 3 atom stereocenters. The lowest BCUT2D eigenvalue weighted by atomic mass is 9.53. The van der Waals surface area contributed by atoms with Crippen LogP contribution in [0, 0.1) is 0 Å². The van der Waals surface area contributed by atoms with E-state index in [1.807, 2.05) is 0 Å². The maximum atomic E-state index is 14.6. The first-order valence-corrected chi connectivity index (χ1v) is 6.91. The Hall–Kier alpha value is -1.70. The van der Waals surface area contributed by atoms with Gasteiger partial charge in [-0.05, 0) is 0 Å². The molecule has 0 radical (unpaired) electrons. The van der Waals surface area contributed by atoms with E-state index in [1.165, 1.54) is 0 Å². The molecular weight excluding hydrogens is 435 g/mol. The number of hydrogen-bond donors (Lipinski definition) is 0. The molecule has 2 rings (SSSR count). The van der Waals surface area contributed by atoms with Crippen molar-refractivity contribution >= 4 is 5.97 Å². The molecular formula is C13H7F13O2. The van der Waals surface area contributed by atoms with Crippen molar-refractivity contribution in [1.29, 1.82) is 0 Å². The van der Waals surface area contributed by atoms with Gasteiger partial charge in [0.2, 0.25) is 5.67 Å². The predicted molar refractivity (Wildman–Crippen MR) is 62.0 cm³/mol. The minimum Gasteiger partial charge on any atom is -0.442 e. The number of carbonyl (C=O) groups is 1. The van der Waals surface area contributed by atoms with Crippen molar-refractivity contribution in [3.8, 4) is 0 Å². The Kier molecular flexibility index (Phi) is 4.24. The van der Waals surface area contributed by atoms with E-state index < -0.39 is 65.6 Å². The van der Waals surface area contributed by atoms with Crippen molar-refractivity contribution in [3.05, 3.63) is 12.7 Å². The smallest absolute Gasteiger partial charge is 0.380 e. The predicted octanol–water partition coefficient (Wildman–Crippen LogP) is 4.43. The van der Waals surface area contributed by atoms with E-state index in [0.717, 1.165) is 0 Å². The number of fused-ring (bicyclic) bond motifs is 2. The van der Waals surface area contributed by atoms with Gasteiger partial charge in [0.05, 0.1) is 0 Å². The molecule has 0 aliphatic heterocycles. The van der Waals surface area contributed by atoms with E-state index in [1.54, 1.807) is 0 Å². The summed E-state index contributed by atoms with van der Waals surface area (Å²) in [5.41, 5.74) is -19.0. The zero-order valence-corrected chi connectivity index (χ0v) is 12.9. The Labute approximate surface area is 146 Å². The van der Waals surface area contributed by atoms with E-state index >= 15 is 0 Å². The molecule has 0 N–H and O–H groups in total. The molecule has 28 heavy (non-hydrogen) atoms. The maximum absolute atomic E-state index is 14.6. The topological polar surface area (TPSA) is 26.3 Å². The highest BCUT2D eigenvalue weighted by Gasteiger charge is 3.08. The van der Waals surface area contributed by atoms with Gasteiger partial charge in [0, 0.05) is 12.5 Å². The molecule has 0 amide bonds. The van der Waals surface area contributed by atoms with E-state index in [-0.39, 0.29) is 6.08 Å². The number of carbonyl (C=O) groups excluding carboxylic acids is 1. The SMILES string of the molecule is C=CC(=O)OC12CC(F)(CF)C(F)(F)C(F)(C(F)(F)C(F)(F)C1(F)F)C2(F)F. The molecule has 162 valence electrons. The van der Waals surface area contributed by atoms with Gasteiger partial charge in [0.1, 0.15) is 6.67 Å². The van der Waals surface area contributed by atoms with Crippen LogP contribution in [0.5, 0.6) is 0 Å². The summed E-state index contributed by atoms with van der Waals surface area (Å²) in [6, 6.07) is 0. The Morgan fingerprint density at radius 1 is 0.786 bits per heavy atom. The van der Waals surface area contributed by atoms with Crippen LogP contribution in [-0.4, -0.2) is 59.2 Å². The zero-order valence-electron chi connectivity index (χ0n) is 12.9. The van der Waals surface area contributed by atoms with E-state index in [4.69, 9.17) is 0 Å². The summed E-state index contributed by atoms with van der Waals surface area (Å²) in [7, 11) is 0. The van der Waals surface area contributed by atoms with Crippen LogP contribution in [0.2, 0.25) is 0 Å². The summed E-state index contributed by atoms with van der Waals surface area (Å²) in [5, 5.41) is 0. The quantitative estimate of drug-likeness (QED) is 0.367. The van der Waals surface area contributed by atoms with Crippen LogP contribution >= 0.6 is 0 Å². The molecule has 2 bridgehead atoms. The lowest BCUT2D eigenvalue weighted by molar-refractivity contribution is -0.524. The van der Waals surface area contributed by atoms with Crippen molar-refractivity contribution in [3.63, 3.8) is 0 Å². The third-order valence-electron chi connectivity index (χ3n) is 4.85. The Balaban J connectivity index is 3.09. The van der Waals surface area contributed by atoms with E-state index in [2.05, 4.69) is 11.3 Å². The number of rotatable bonds is 3. The van der Waals surface area contributed by atoms with Gasteiger partial charge >= 0.3 is 41.3 Å². The van der Waals surface area contributed by atoms with E-state index in [9.17, 15) is 61.9 Å². The first-order chi connectivity index (χ1) is 12.2. The molecule has 0 aromatic heterocycles. The second kappa shape index (κ2) is 5.26. The van der Waals surface area contributed by atoms with E-state index in [0.29, 0.717) is 0 Å². The van der Waals surface area contributed by atoms with Crippen LogP contribution in [0.4, 0.5) is 57.1 Å². The summed E-state index contributed by atoms with van der Waals surface area (Å²) < 4.78 is 185. The molecule has 0 saturated heterocycles. The number of alkyl halides is 13. The molecule has 0 aromatic rings. The van der Waals surface area contributed by atoms with Gasteiger partial charge in [-0.15, -0.1) is 0 Å². The fourth-order valence-corrected chi connectivity index (χ4v) is 3.28. The normalized spacial score (nSPS) is 41.8. The molecule has 0 heterocycles. The highest BCUT2D eigenvalue weighted by molar-refractivity contribution is 5.82.